The topological polar surface area (TPSA) is 348 Å². The van der Waals surface area contributed by atoms with Gasteiger partial charge in [0.05, 0.1) is 0 Å². The summed E-state index contributed by atoms with van der Waals surface area (Å²) in [6.07, 6.45) is 0. The molecule has 0 heterocycles. The average molecular weight is 442 g/mol. The summed E-state index contributed by atoms with van der Waals surface area (Å²) >= 11 is 0. The van der Waals surface area contributed by atoms with Crippen molar-refractivity contribution in [1.82, 2.24) is 0 Å². The van der Waals surface area contributed by atoms with Crippen LogP contribution in [-0.2, 0) is 0 Å². The van der Waals surface area contributed by atoms with Crippen molar-refractivity contribution < 1.29 is 96.4 Å². The van der Waals surface area contributed by atoms with Gasteiger partial charge in [-0.15, -0.1) is 30.3 Å². The second-order valence-corrected chi connectivity index (χ2v) is 0.714. The summed E-state index contributed by atoms with van der Waals surface area (Å²) in [5.41, 5.74) is 0. The summed E-state index contributed by atoms with van der Waals surface area (Å²) in [6, 6.07) is 0. The Kier molecular flexibility index (Phi) is 222. The van der Waals surface area contributed by atoms with Crippen LogP contribution in [-0.4, -0.2) is 58.3 Å². The van der Waals surface area contributed by atoms with Gasteiger partial charge in [-0.3, -0.25) is 0 Å². The van der Waals surface area contributed by atoms with Crippen LogP contribution in [0.25, 0.3) is 0 Å². The third-order valence-corrected chi connectivity index (χ3v) is 0. The smallest absolute Gasteiger partial charge is 0.291 e. The molecule has 0 rings (SSSR count). The van der Waals surface area contributed by atoms with Crippen molar-refractivity contribution in [3.63, 3.8) is 0 Å². The van der Waals surface area contributed by atoms with Crippen LogP contribution in [0, 0.1) is 68.5 Å². The Morgan fingerprint density at radius 1 is 0.556 bits per heavy atom. The Morgan fingerprint density at radius 3 is 0.556 bits per heavy atom. The van der Waals surface area contributed by atoms with Crippen LogP contribution in [0.5, 0.6) is 0 Å². The minimum absolute atomic E-state index is 0. The first-order valence-electron chi connectivity index (χ1n) is 1.70. The Hall–Kier alpha value is -1.33. The molecular weight excluding hydrogens is 429 g/mol. The molecule has 0 saturated carbocycles. The molecule has 17 nitrogen and oxygen atoms in total. The normalized spacial score (nSPS) is 4.00. The first-order valence-corrected chi connectivity index (χ1v) is 1.70. The SMILES string of the molecule is O.O.O.O.O.O=[N+]([O-])O.O=[N+]([O-])O.O=[N+]([O-])O.[Dy]. The van der Waals surface area contributed by atoms with Gasteiger partial charge in [-0.05, 0) is 0 Å². The molecule has 0 aliphatic carbocycles. The van der Waals surface area contributed by atoms with Crippen LogP contribution in [0.4, 0.5) is 0 Å². The first kappa shape index (κ1) is 69.6. The predicted molar refractivity (Wildman–Crippen MR) is 44.4 cm³/mol. The average Bonchev–Trinajstić information content (AvgIpc) is 1.54. The van der Waals surface area contributed by atoms with Crippen molar-refractivity contribution in [1.29, 1.82) is 0 Å². The maximum absolute atomic E-state index is 8.36. The monoisotopic (exact) mass is 443 g/mol. The molecule has 0 atom stereocenters. The fraction of sp³-hybridized carbons (Fsp3) is 0. The molecule has 18 heteroatoms. The van der Waals surface area contributed by atoms with Crippen molar-refractivity contribution in [2.75, 3.05) is 0 Å². The molecule has 0 amide bonds. The number of hydrogen-bond acceptors (Lipinski definition) is 6. The van der Waals surface area contributed by atoms with E-state index >= 15 is 0 Å². The van der Waals surface area contributed by atoms with Gasteiger partial charge >= 0.3 is 0 Å². The van der Waals surface area contributed by atoms with Crippen molar-refractivity contribution in [2.45, 2.75) is 0 Å². The third kappa shape index (κ3) is 1560. The van der Waals surface area contributed by atoms with E-state index in [0.29, 0.717) is 0 Å². The van der Waals surface area contributed by atoms with E-state index in [2.05, 4.69) is 0 Å². The van der Waals surface area contributed by atoms with E-state index in [4.69, 9.17) is 46.0 Å². The van der Waals surface area contributed by atoms with Gasteiger partial charge < -0.3 is 43.0 Å². The fourth-order valence-corrected chi connectivity index (χ4v) is 0. The molecule has 0 spiro atoms. The maximum atomic E-state index is 8.36. The summed E-state index contributed by atoms with van der Waals surface area (Å²) in [7, 11) is 0. The Labute approximate surface area is 127 Å². The molecule has 0 aromatic carbocycles. The molecule has 0 aliphatic rings. The van der Waals surface area contributed by atoms with Gasteiger partial charge in [-0.1, -0.05) is 0 Å². The van der Waals surface area contributed by atoms with E-state index in [1.807, 2.05) is 0 Å². The summed E-state index contributed by atoms with van der Waals surface area (Å²) < 4.78 is 0. The molecule has 0 aromatic heterocycles. The molecule has 0 fully saturated rings. The second-order valence-electron chi connectivity index (χ2n) is 0.714. The molecule has 0 radical (unpaired) electrons. The van der Waals surface area contributed by atoms with Gasteiger partial charge in [0, 0.05) is 38.2 Å². The Balaban J connectivity index is -0.00000000827. The van der Waals surface area contributed by atoms with Gasteiger partial charge in [0.2, 0.25) is 0 Å². The molecule has 122 valence electrons. The van der Waals surface area contributed by atoms with E-state index < -0.39 is 15.3 Å². The van der Waals surface area contributed by atoms with Crippen molar-refractivity contribution in [3.05, 3.63) is 30.3 Å². The number of nitrogens with zero attached hydrogens (tertiary/aromatic N) is 3. The van der Waals surface area contributed by atoms with E-state index in [1.165, 1.54) is 0 Å². The summed E-state index contributed by atoms with van der Waals surface area (Å²) in [5.74, 6) is 0. The Morgan fingerprint density at radius 2 is 0.556 bits per heavy atom. The summed E-state index contributed by atoms with van der Waals surface area (Å²) in [5, 5.41) is 40.9. The molecule has 0 aromatic rings. The largest absolute Gasteiger partial charge is 0.412 e. The van der Waals surface area contributed by atoms with Gasteiger partial charge in [-0.25, -0.2) is 0 Å². The minimum Gasteiger partial charge on any atom is -0.412 e. The molecule has 0 bridgehead atoms. The standard InChI is InChI=1S/Dy.3HNO3.5H2O/c;3*2-1(3)4;;;;;/h;3*(H,2,3,4);5*1H2. The van der Waals surface area contributed by atoms with E-state index in [0.717, 1.165) is 0 Å². The zero-order chi connectivity index (χ0) is 10.7. The molecular formula is H13DyN3O14. The van der Waals surface area contributed by atoms with Gasteiger partial charge in [0.15, 0.2) is 0 Å². The van der Waals surface area contributed by atoms with Crippen molar-refractivity contribution in [3.8, 4) is 0 Å². The van der Waals surface area contributed by atoms with E-state index in [1.54, 1.807) is 0 Å². The quantitative estimate of drug-likeness (QED) is 0.238. The Bertz CT molecular complexity index is 115. The van der Waals surface area contributed by atoms with Crippen molar-refractivity contribution in [2.24, 2.45) is 0 Å². The first-order chi connectivity index (χ1) is 5.20. The molecule has 13 N–H and O–H groups in total. The van der Waals surface area contributed by atoms with Crippen LogP contribution in [0.1, 0.15) is 0 Å². The van der Waals surface area contributed by atoms with E-state index in [-0.39, 0.29) is 65.6 Å². The van der Waals surface area contributed by atoms with E-state index in [9.17, 15) is 0 Å². The van der Waals surface area contributed by atoms with Gasteiger partial charge in [0.1, 0.15) is 0 Å². The van der Waals surface area contributed by atoms with Crippen LogP contribution < -0.4 is 0 Å². The zero-order valence-corrected chi connectivity index (χ0v) is 9.98. The third-order valence-electron chi connectivity index (χ3n) is 0. The number of rotatable bonds is 0. The maximum Gasteiger partial charge on any atom is 0.291 e. The minimum atomic E-state index is -1.50. The van der Waals surface area contributed by atoms with Crippen LogP contribution in [0.3, 0.4) is 0 Å². The van der Waals surface area contributed by atoms with Crippen LogP contribution >= 0.6 is 0 Å². The fourth-order valence-electron chi connectivity index (χ4n) is 0. The molecule has 0 saturated heterocycles. The van der Waals surface area contributed by atoms with Crippen molar-refractivity contribution >= 4 is 0 Å². The summed E-state index contributed by atoms with van der Waals surface area (Å²) in [6.45, 7) is 0. The van der Waals surface area contributed by atoms with Crippen LogP contribution in [0.2, 0.25) is 0 Å². The molecule has 0 aliphatic heterocycles. The van der Waals surface area contributed by atoms with Gasteiger partial charge in [-0.2, -0.15) is 0 Å². The second kappa shape index (κ2) is 57.3. The number of hydrogen-bond donors (Lipinski definition) is 3. The summed E-state index contributed by atoms with van der Waals surface area (Å²) in [4.78, 5) is 25.1. The molecule has 0 unspecified atom stereocenters. The van der Waals surface area contributed by atoms with Gasteiger partial charge in [0.25, 0.3) is 15.3 Å². The van der Waals surface area contributed by atoms with Crippen LogP contribution in [0.15, 0.2) is 0 Å². The molecule has 18 heavy (non-hydrogen) atoms. The zero-order valence-electron chi connectivity index (χ0n) is 7.95. The predicted octanol–water partition coefficient (Wildman–Crippen LogP) is -5.17.